The Hall–Kier alpha value is -3.27. The Morgan fingerprint density at radius 3 is 2.72 bits per heavy atom. The molecule has 1 unspecified atom stereocenters. The van der Waals surface area contributed by atoms with Gasteiger partial charge in [-0.25, -0.2) is 9.37 Å². The summed E-state index contributed by atoms with van der Waals surface area (Å²) in [7, 11) is 0. The van der Waals surface area contributed by atoms with E-state index in [1.165, 1.54) is 23.8 Å². The number of nitrogens with zero attached hydrogens (tertiary/aromatic N) is 4. The number of benzene rings is 1. The molecule has 3 fully saturated rings. The zero-order valence-electron chi connectivity index (χ0n) is 20.3. The number of amides is 2. The molecule has 9 nitrogen and oxygen atoms in total. The number of imide groups is 1. The number of carbonyl (C=O) groups is 2. The van der Waals surface area contributed by atoms with Crippen molar-refractivity contribution in [1.82, 2.24) is 19.8 Å². The van der Waals surface area contributed by atoms with Crippen LogP contribution in [0.25, 0.3) is 0 Å². The van der Waals surface area contributed by atoms with Crippen LogP contribution in [-0.2, 0) is 16.0 Å². The number of aromatic nitrogens is 2. The van der Waals surface area contributed by atoms with E-state index in [0.717, 1.165) is 50.9 Å². The van der Waals surface area contributed by atoms with Crippen molar-refractivity contribution in [3.8, 4) is 5.75 Å². The number of hydrogen-bond donors (Lipinski definition) is 2. The molecule has 4 aliphatic rings. The molecule has 1 atom stereocenters. The van der Waals surface area contributed by atoms with Crippen LogP contribution in [0.15, 0.2) is 24.4 Å². The lowest BCUT2D eigenvalue weighted by molar-refractivity contribution is -0.142. The Morgan fingerprint density at radius 1 is 1.14 bits per heavy atom. The molecule has 36 heavy (non-hydrogen) atoms. The summed E-state index contributed by atoms with van der Waals surface area (Å²) < 4.78 is 20.2. The van der Waals surface area contributed by atoms with Gasteiger partial charge in [0.15, 0.2) is 11.6 Å². The standard InChI is InChI=1S/C26H31FN6O3/c27-20-13-18(7-8-21(20)36-12-11-32-9-3-4-10-32)29-25-28-16-17-14-26(31-23(17)30-25)15-22(34)33(24(26)35)19-5-1-2-6-19/h7-8,13,16,19H,1-6,9-12,14-15H2,(H2,28,29,30,31). The highest BCUT2D eigenvalue weighted by atomic mass is 19.1. The second-order valence-electron chi connectivity index (χ2n) is 10.3. The van der Waals surface area contributed by atoms with E-state index in [1.54, 1.807) is 18.3 Å². The minimum Gasteiger partial charge on any atom is -0.489 e. The quantitative estimate of drug-likeness (QED) is 0.566. The van der Waals surface area contributed by atoms with E-state index in [4.69, 9.17) is 4.74 Å². The maximum atomic E-state index is 14.6. The first kappa shape index (κ1) is 23.1. The first-order valence-corrected chi connectivity index (χ1v) is 12.9. The van der Waals surface area contributed by atoms with E-state index in [-0.39, 0.29) is 36.0 Å². The molecule has 190 valence electrons. The average molecular weight is 495 g/mol. The van der Waals surface area contributed by atoms with Crippen molar-refractivity contribution in [2.45, 2.75) is 62.9 Å². The number of hydrogen-bond acceptors (Lipinski definition) is 8. The van der Waals surface area contributed by atoms with E-state index in [1.807, 2.05) is 0 Å². The van der Waals surface area contributed by atoms with Crippen LogP contribution in [-0.4, -0.2) is 69.4 Å². The van der Waals surface area contributed by atoms with Crippen molar-refractivity contribution in [1.29, 1.82) is 0 Å². The van der Waals surface area contributed by atoms with Gasteiger partial charge in [-0.05, 0) is 50.9 Å². The second kappa shape index (κ2) is 9.31. The van der Waals surface area contributed by atoms with Gasteiger partial charge in [-0.15, -0.1) is 0 Å². The maximum Gasteiger partial charge on any atom is 0.256 e. The van der Waals surface area contributed by atoms with Gasteiger partial charge in [-0.2, -0.15) is 4.98 Å². The fourth-order valence-corrected chi connectivity index (χ4v) is 5.95. The number of carbonyl (C=O) groups excluding carboxylic acids is 2. The van der Waals surface area contributed by atoms with E-state index in [0.29, 0.717) is 24.5 Å². The Labute approximate surface area is 209 Å². The van der Waals surface area contributed by atoms with Crippen molar-refractivity contribution in [3.05, 3.63) is 35.8 Å². The summed E-state index contributed by atoms with van der Waals surface area (Å²) in [5, 5.41) is 6.26. The summed E-state index contributed by atoms with van der Waals surface area (Å²) in [5.74, 6) is 0.302. The largest absolute Gasteiger partial charge is 0.489 e. The van der Waals surface area contributed by atoms with Crippen LogP contribution in [0.5, 0.6) is 5.75 Å². The van der Waals surface area contributed by atoms with Gasteiger partial charge in [0.1, 0.15) is 18.0 Å². The summed E-state index contributed by atoms with van der Waals surface area (Å²) >= 11 is 0. The van der Waals surface area contributed by atoms with Crippen LogP contribution in [0.1, 0.15) is 50.5 Å². The maximum absolute atomic E-state index is 14.6. The first-order valence-electron chi connectivity index (χ1n) is 12.9. The predicted octanol–water partition coefficient (Wildman–Crippen LogP) is 3.24. The van der Waals surface area contributed by atoms with Crippen molar-refractivity contribution in [3.63, 3.8) is 0 Å². The Kier molecular flexibility index (Phi) is 5.99. The van der Waals surface area contributed by atoms with Gasteiger partial charge in [0.05, 0.1) is 6.42 Å². The van der Waals surface area contributed by atoms with Crippen LogP contribution in [0.4, 0.5) is 21.8 Å². The highest BCUT2D eigenvalue weighted by Gasteiger charge is 2.56. The molecule has 1 aromatic carbocycles. The van der Waals surface area contributed by atoms with Crippen molar-refractivity contribution >= 4 is 29.3 Å². The van der Waals surface area contributed by atoms with Gasteiger partial charge >= 0.3 is 0 Å². The number of halogens is 1. The van der Waals surface area contributed by atoms with Gasteiger partial charge in [-0.1, -0.05) is 12.8 Å². The van der Waals surface area contributed by atoms with E-state index >= 15 is 0 Å². The van der Waals surface area contributed by atoms with Crippen LogP contribution in [0.3, 0.4) is 0 Å². The zero-order chi connectivity index (χ0) is 24.7. The summed E-state index contributed by atoms with van der Waals surface area (Å²) in [6, 6.07) is 4.69. The Balaban J connectivity index is 1.10. The van der Waals surface area contributed by atoms with Crippen LogP contribution < -0.4 is 15.4 Å². The van der Waals surface area contributed by atoms with E-state index in [9.17, 15) is 14.0 Å². The van der Waals surface area contributed by atoms with Gasteiger partial charge in [-0.3, -0.25) is 19.4 Å². The lowest BCUT2D eigenvalue weighted by atomic mass is 9.94. The summed E-state index contributed by atoms with van der Waals surface area (Å²) in [4.78, 5) is 38.7. The highest BCUT2D eigenvalue weighted by Crippen LogP contribution is 2.41. The normalized spacial score (nSPS) is 24.1. The molecular weight excluding hydrogens is 463 g/mol. The number of likely N-dealkylation sites (tertiary alicyclic amines) is 2. The minimum atomic E-state index is -0.977. The third-order valence-electron chi connectivity index (χ3n) is 7.81. The molecule has 1 aromatic heterocycles. The zero-order valence-corrected chi connectivity index (χ0v) is 20.3. The molecule has 2 aromatic rings. The van der Waals surface area contributed by atoms with Crippen molar-refractivity contribution in [2.24, 2.45) is 0 Å². The molecule has 4 heterocycles. The molecule has 1 spiro atoms. The van der Waals surface area contributed by atoms with Crippen LogP contribution in [0.2, 0.25) is 0 Å². The Morgan fingerprint density at radius 2 is 1.94 bits per heavy atom. The minimum absolute atomic E-state index is 0.0141. The topological polar surface area (TPSA) is 99.7 Å². The van der Waals surface area contributed by atoms with Crippen LogP contribution >= 0.6 is 0 Å². The highest BCUT2D eigenvalue weighted by molar-refractivity contribution is 6.11. The van der Waals surface area contributed by atoms with Crippen LogP contribution in [0, 0.1) is 5.82 Å². The molecule has 2 saturated heterocycles. The number of anilines is 3. The Bertz CT molecular complexity index is 1180. The molecule has 2 N–H and O–H groups in total. The lowest BCUT2D eigenvalue weighted by Crippen LogP contribution is -2.48. The molecule has 6 rings (SSSR count). The molecule has 1 aliphatic carbocycles. The number of nitrogens with one attached hydrogen (secondary N) is 2. The smallest absolute Gasteiger partial charge is 0.256 e. The fraction of sp³-hybridized carbons (Fsp3) is 0.538. The SMILES string of the molecule is O=C1CC2(Cc3cnc(Nc4ccc(OCCN5CCCC5)c(F)c4)nc3N2)C(=O)N1C1CCCC1. The predicted molar refractivity (Wildman–Crippen MR) is 132 cm³/mol. The molecule has 0 bridgehead atoms. The van der Waals surface area contributed by atoms with Crippen molar-refractivity contribution < 1.29 is 18.7 Å². The van der Waals surface area contributed by atoms with Gasteiger partial charge in [0.2, 0.25) is 11.9 Å². The second-order valence-corrected chi connectivity index (χ2v) is 10.3. The molecule has 0 radical (unpaired) electrons. The van der Waals surface area contributed by atoms with Gasteiger partial charge in [0, 0.05) is 42.5 Å². The average Bonchev–Trinajstić information content (AvgIpc) is 3.64. The fourth-order valence-electron chi connectivity index (χ4n) is 5.95. The third kappa shape index (κ3) is 4.27. The summed E-state index contributed by atoms with van der Waals surface area (Å²) in [6.07, 6.45) is 8.46. The summed E-state index contributed by atoms with van der Waals surface area (Å²) in [5.41, 5.74) is 0.310. The third-order valence-corrected chi connectivity index (χ3v) is 7.81. The number of fused-ring (bicyclic) bond motifs is 1. The first-order chi connectivity index (χ1) is 17.5. The number of rotatable bonds is 7. The van der Waals surface area contributed by atoms with Crippen molar-refractivity contribution in [2.75, 3.05) is 36.9 Å². The lowest BCUT2D eigenvalue weighted by Gasteiger charge is -2.25. The molecular formula is C26H31FN6O3. The molecule has 1 saturated carbocycles. The molecule has 3 aliphatic heterocycles. The summed E-state index contributed by atoms with van der Waals surface area (Å²) in [6.45, 7) is 3.40. The molecule has 10 heteroatoms. The van der Waals surface area contributed by atoms with E-state index < -0.39 is 11.4 Å². The van der Waals surface area contributed by atoms with E-state index in [2.05, 4.69) is 25.5 Å². The monoisotopic (exact) mass is 494 g/mol. The van der Waals surface area contributed by atoms with Gasteiger partial charge in [0.25, 0.3) is 5.91 Å². The number of ether oxygens (including phenoxy) is 1. The van der Waals surface area contributed by atoms with Gasteiger partial charge < -0.3 is 15.4 Å². The molecule has 2 amide bonds.